The fourth-order valence-corrected chi connectivity index (χ4v) is 1.71. The molecule has 14 heavy (non-hydrogen) atoms. The van der Waals surface area contributed by atoms with Crippen molar-refractivity contribution in [1.29, 1.82) is 0 Å². The molecule has 0 spiro atoms. The van der Waals surface area contributed by atoms with E-state index in [4.69, 9.17) is 10.5 Å². The Morgan fingerprint density at radius 2 is 2.29 bits per heavy atom. The van der Waals surface area contributed by atoms with Crippen LogP contribution in [0.2, 0.25) is 0 Å². The summed E-state index contributed by atoms with van der Waals surface area (Å²) in [5.41, 5.74) is 6.81. The molecule has 2 N–H and O–H groups in total. The van der Waals surface area contributed by atoms with Gasteiger partial charge in [-0.25, -0.2) is 0 Å². The molecule has 1 saturated carbocycles. The van der Waals surface area contributed by atoms with Crippen molar-refractivity contribution in [3.8, 4) is 5.75 Å². The zero-order valence-electron chi connectivity index (χ0n) is 8.57. The summed E-state index contributed by atoms with van der Waals surface area (Å²) in [5.74, 6) is 2.38. The molecule has 2 unspecified atom stereocenters. The summed E-state index contributed by atoms with van der Waals surface area (Å²) in [6, 6.07) is 8.18. The van der Waals surface area contributed by atoms with Crippen LogP contribution in [0.25, 0.3) is 0 Å². The zero-order valence-corrected chi connectivity index (χ0v) is 8.57. The lowest BCUT2D eigenvalue weighted by atomic mass is 10.2. The summed E-state index contributed by atoms with van der Waals surface area (Å²) in [7, 11) is 0. The van der Waals surface area contributed by atoms with Crippen molar-refractivity contribution >= 4 is 0 Å². The Hall–Kier alpha value is -1.02. The first-order valence-electron chi connectivity index (χ1n) is 5.19. The van der Waals surface area contributed by atoms with Gasteiger partial charge in [0.25, 0.3) is 0 Å². The number of ether oxygens (including phenoxy) is 1. The molecule has 2 nitrogen and oxygen atoms in total. The molecule has 1 aromatic rings. The maximum Gasteiger partial charge on any atom is 0.119 e. The predicted molar refractivity (Wildman–Crippen MR) is 57.3 cm³/mol. The molecule has 0 amide bonds. The zero-order chi connectivity index (χ0) is 9.97. The van der Waals surface area contributed by atoms with Gasteiger partial charge in [0, 0.05) is 0 Å². The Balaban J connectivity index is 1.81. The summed E-state index contributed by atoms with van der Waals surface area (Å²) in [6.07, 6.45) is 1.24. The second-order valence-corrected chi connectivity index (χ2v) is 4.12. The van der Waals surface area contributed by atoms with Crippen LogP contribution in [0.15, 0.2) is 24.3 Å². The maximum atomic E-state index is 5.69. The van der Waals surface area contributed by atoms with Gasteiger partial charge in [-0.2, -0.15) is 0 Å². The lowest BCUT2D eigenvalue weighted by Crippen LogP contribution is -2.07. The minimum absolute atomic E-state index is 0.695. The molecule has 0 radical (unpaired) electrons. The molecular weight excluding hydrogens is 174 g/mol. The van der Waals surface area contributed by atoms with Gasteiger partial charge in [0.1, 0.15) is 5.75 Å². The molecule has 0 aliphatic heterocycles. The van der Waals surface area contributed by atoms with E-state index in [0.717, 1.165) is 18.9 Å². The molecule has 1 fully saturated rings. The lowest BCUT2D eigenvalue weighted by molar-refractivity contribution is 0.292. The summed E-state index contributed by atoms with van der Waals surface area (Å²) < 4.78 is 5.69. The Labute approximate surface area is 85.1 Å². The second-order valence-electron chi connectivity index (χ2n) is 4.12. The van der Waals surface area contributed by atoms with Crippen molar-refractivity contribution in [2.45, 2.75) is 13.3 Å². The number of rotatable bonds is 4. The van der Waals surface area contributed by atoms with E-state index in [1.165, 1.54) is 12.0 Å². The molecule has 0 saturated heterocycles. The van der Waals surface area contributed by atoms with Crippen LogP contribution >= 0.6 is 0 Å². The highest BCUT2D eigenvalue weighted by atomic mass is 16.5. The second kappa shape index (κ2) is 4.01. The van der Waals surface area contributed by atoms with E-state index in [2.05, 4.69) is 19.1 Å². The number of hydrogen-bond donors (Lipinski definition) is 1. The van der Waals surface area contributed by atoms with Gasteiger partial charge in [-0.15, -0.1) is 0 Å². The Kier molecular flexibility index (Phi) is 2.73. The largest absolute Gasteiger partial charge is 0.493 e. The first-order valence-corrected chi connectivity index (χ1v) is 5.19. The van der Waals surface area contributed by atoms with Gasteiger partial charge >= 0.3 is 0 Å². The van der Waals surface area contributed by atoms with Crippen molar-refractivity contribution < 1.29 is 4.74 Å². The molecule has 2 rings (SSSR count). The molecule has 0 bridgehead atoms. The van der Waals surface area contributed by atoms with Crippen LogP contribution in [-0.4, -0.2) is 13.2 Å². The smallest absolute Gasteiger partial charge is 0.119 e. The summed E-state index contributed by atoms with van der Waals surface area (Å²) in [6.45, 7) is 3.71. The molecule has 1 aliphatic carbocycles. The van der Waals surface area contributed by atoms with Gasteiger partial charge in [0.05, 0.1) is 6.61 Å². The normalized spacial score (nSPS) is 24.7. The monoisotopic (exact) mass is 191 g/mol. The van der Waals surface area contributed by atoms with Crippen molar-refractivity contribution in [2.75, 3.05) is 13.2 Å². The van der Waals surface area contributed by atoms with Gasteiger partial charge in [-0.05, 0) is 49.4 Å². The van der Waals surface area contributed by atoms with Crippen molar-refractivity contribution in [1.82, 2.24) is 0 Å². The van der Waals surface area contributed by atoms with Crippen LogP contribution in [0.4, 0.5) is 0 Å². The molecule has 76 valence electrons. The van der Waals surface area contributed by atoms with Gasteiger partial charge in [0.2, 0.25) is 0 Å². The molecular formula is C12H17NO. The molecule has 1 aromatic carbocycles. The highest BCUT2D eigenvalue weighted by Gasteiger charge is 2.36. The van der Waals surface area contributed by atoms with Crippen molar-refractivity contribution in [3.05, 3.63) is 29.8 Å². The molecule has 1 aliphatic rings. The van der Waals surface area contributed by atoms with Crippen LogP contribution in [0.1, 0.15) is 12.0 Å². The Bertz CT molecular complexity index is 311. The van der Waals surface area contributed by atoms with Crippen LogP contribution in [-0.2, 0) is 0 Å². The molecule has 2 heteroatoms. The van der Waals surface area contributed by atoms with Crippen LogP contribution in [0.5, 0.6) is 5.75 Å². The lowest BCUT2D eigenvalue weighted by Gasteiger charge is -2.05. The van der Waals surface area contributed by atoms with E-state index < -0.39 is 0 Å². The van der Waals surface area contributed by atoms with E-state index >= 15 is 0 Å². The molecule has 0 aromatic heterocycles. The fourth-order valence-electron chi connectivity index (χ4n) is 1.71. The van der Waals surface area contributed by atoms with Gasteiger partial charge < -0.3 is 10.5 Å². The van der Waals surface area contributed by atoms with Gasteiger partial charge in [-0.1, -0.05) is 12.1 Å². The topological polar surface area (TPSA) is 35.2 Å². The van der Waals surface area contributed by atoms with Crippen LogP contribution < -0.4 is 10.5 Å². The fraction of sp³-hybridized carbons (Fsp3) is 0.500. The third-order valence-electron chi connectivity index (χ3n) is 2.83. The van der Waals surface area contributed by atoms with Crippen molar-refractivity contribution in [2.24, 2.45) is 17.6 Å². The van der Waals surface area contributed by atoms with E-state index in [-0.39, 0.29) is 0 Å². The van der Waals surface area contributed by atoms with Crippen LogP contribution in [0.3, 0.4) is 0 Å². The third-order valence-corrected chi connectivity index (χ3v) is 2.83. The minimum Gasteiger partial charge on any atom is -0.493 e. The number of benzene rings is 1. The first-order chi connectivity index (χ1) is 6.79. The summed E-state index contributed by atoms with van der Waals surface area (Å²) in [4.78, 5) is 0. The first kappa shape index (κ1) is 9.53. The maximum absolute atomic E-state index is 5.69. The third kappa shape index (κ3) is 2.26. The summed E-state index contributed by atoms with van der Waals surface area (Å²) >= 11 is 0. The predicted octanol–water partition coefficient (Wildman–Crippen LogP) is 1.97. The van der Waals surface area contributed by atoms with E-state index in [0.29, 0.717) is 11.8 Å². The SMILES string of the molecule is Cc1cccc(OCC2CC2CN)c1. The molecule has 2 atom stereocenters. The highest BCUT2D eigenvalue weighted by molar-refractivity contribution is 5.27. The number of aryl methyl sites for hydroxylation is 1. The van der Waals surface area contributed by atoms with Crippen molar-refractivity contribution in [3.63, 3.8) is 0 Å². The Morgan fingerprint density at radius 1 is 1.43 bits per heavy atom. The standard InChI is InChI=1S/C12H17NO/c1-9-3-2-4-12(5-9)14-8-11-6-10(11)7-13/h2-5,10-11H,6-8,13H2,1H3. The van der Waals surface area contributed by atoms with Gasteiger partial charge in [-0.3, -0.25) is 0 Å². The minimum atomic E-state index is 0.695. The average molecular weight is 191 g/mol. The molecule has 0 heterocycles. The van der Waals surface area contributed by atoms with Crippen LogP contribution in [0, 0.1) is 18.8 Å². The van der Waals surface area contributed by atoms with E-state index in [9.17, 15) is 0 Å². The Morgan fingerprint density at radius 3 is 2.93 bits per heavy atom. The number of nitrogens with two attached hydrogens (primary N) is 1. The number of hydrogen-bond acceptors (Lipinski definition) is 2. The summed E-state index contributed by atoms with van der Waals surface area (Å²) in [5, 5.41) is 0. The van der Waals surface area contributed by atoms with Gasteiger partial charge in [0.15, 0.2) is 0 Å². The highest BCUT2D eigenvalue weighted by Crippen LogP contribution is 2.37. The van der Waals surface area contributed by atoms with E-state index in [1.54, 1.807) is 0 Å². The quantitative estimate of drug-likeness (QED) is 0.789. The van der Waals surface area contributed by atoms with E-state index in [1.807, 2.05) is 12.1 Å². The average Bonchev–Trinajstić information content (AvgIpc) is 2.93.